The number of allylic oxidation sites excluding steroid dienone is 4. The van der Waals surface area contributed by atoms with Gasteiger partial charge in [0.25, 0.3) is 30.4 Å². The molecule has 0 radical (unpaired) electrons. The van der Waals surface area contributed by atoms with Crippen LogP contribution in [0, 0.1) is 0 Å². The van der Waals surface area contributed by atoms with Gasteiger partial charge in [0.2, 0.25) is 5.69 Å². The number of anilines is 1. The largest absolute Gasteiger partial charge is 0.748 e. The third-order valence-corrected chi connectivity index (χ3v) is 13.8. The van der Waals surface area contributed by atoms with Crippen molar-refractivity contribution >= 4 is 63.5 Å². The second-order valence-electron chi connectivity index (χ2n) is 14.5. The van der Waals surface area contributed by atoms with E-state index in [1.54, 1.807) is 32.1 Å². The molecule has 0 spiro atoms. The van der Waals surface area contributed by atoms with Gasteiger partial charge in [-0.25, -0.2) is 8.42 Å². The van der Waals surface area contributed by atoms with Crippen LogP contribution < -0.4 is 4.90 Å². The Morgan fingerprint density at radius 1 is 0.825 bits per heavy atom. The molecule has 4 N–H and O–H groups in total. The van der Waals surface area contributed by atoms with E-state index in [-0.39, 0.29) is 50.2 Å². The van der Waals surface area contributed by atoms with Gasteiger partial charge in [0, 0.05) is 66.8 Å². The highest BCUT2D eigenvalue weighted by Crippen LogP contribution is 2.51. The van der Waals surface area contributed by atoms with Crippen LogP contribution in [0.3, 0.4) is 0 Å². The lowest BCUT2D eigenvalue weighted by Crippen LogP contribution is -2.32. The van der Waals surface area contributed by atoms with Crippen molar-refractivity contribution in [2.75, 3.05) is 43.2 Å². The summed E-state index contributed by atoms with van der Waals surface area (Å²) in [6.45, 7) is 4.30. The standard InChI is InChI=1S/C36H48N2O15S4/c1-35(17-8-22-54(41,42)43)28-24-26(56(47,48)49)13-15-30(28)37(19-6-4-5-12-34(39)40)32(35)10-7-11-33-36(2,18-9-23-55(44,45)46)29-25-27(57(50,51)52)14-16-31(29)38(33)20-21-53-3/h7,10-11,13-16,24-25H,4-6,8-9,12,17-23H2,1-3H3,(H4-,39,40,41,42,43,44,45,46,47,48,49,50,51,52). The van der Waals surface area contributed by atoms with Crippen molar-refractivity contribution in [3.8, 4) is 0 Å². The third-order valence-electron chi connectivity index (χ3n) is 10.5. The highest BCUT2D eigenvalue weighted by atomic mass is 32.2. The van der Waals surface area contributed by atoms with Gasteiger partial charge >= 0.3 is 5.97 Å². The van der Waals surface area contributed by atoms with Crippen molar-refractivity contribution in [3.05, 3.63) is 71.5 Å². The van der Waals surface area contributed by atoms with Crippen LogP contribution in [0.15, 0.2) is 70.1 Å². The molecule has 2 aromatic carbocycles. The predicted molar refractivity (Wildman–Crippen MR) is 209 cm³/mol. The number of carboxylic acid groups (broad SMARTS) is 1. The van der Waals surface area contributed by atoms with E-state index in [9.17, 15) is 56.7 Å². The van der Waals surface area contributed by atoms with Crippen LogP contribution >= 0.6 is 0 Å². The second kappa shape index (κ2) is 17.8. The SMILES string of the molecule is COCCN1C(=CC=CC2=[N+](CCCCCC(=O)O)c3ccc(S(=O)(=O)O)cc3C2(C)CCCS(=O)(=O)[O-])C(C)(CCCS(=O)(=O)O)c2cc(S(=O)(=O)O)ccc21. The van der Waals surface area contributed by atoms with E-state index < -0.39 is 73.7 Å². The first-order chi connectivity index (χ1) is 26.3. The molecule has 21 heteroatoms. The Bertz CT molecular complexity index is 2410. The maximum absolute atomic E-state index is 12.3. The van der Waals surface area contributed by atoms with Crippen molar-refractivity contribution in [3.63, 3.8) is 0 Å². The summed E-state index contributed by atoms with van der Waals surface area (Å²) in [7, 11) is -16.8. The first kappa shape index (κ1) is 46.2. The van der Waals surface area contributed by atoms with Crippen molar-refractivity contribution in [2.24, 2.45) is 0 Å². The minimum Gasteiger partial charge on any atom is -0.748 e. The highest BCUT2D eigenvalue weighted by molar-refractivity contribution is 7.86. The van der Waals surface area contributed by atoms with Crippen LogP contribution in [0.5, 0.6) is 0 Å². The molecule has 316 valence electrons. The molecule has 2 heterocycles. The normalized spacial score (nSPS) is 20.8. The molecule has 17 nitrogen and oxygen atoms in total. The van der Waals surface area contributed by atoms with Gasteiger partial charge in [-0.1, -0.05) is 6.08 Å². The van der Waals surface area contributed by atoms with Gasteiger partial charge in [0.1, 0.15) is 6.54 Å². The number of fused-ring (bicyclic) bond motifs is 2. The van der Waals surface area contributed by atoms with Gasteiger partial charge in [-0.3, -0.25) is 18.5 Å². The van der Waals surface area contributed by atoms with Gasteiger partial charge < -0.3 is 19.3 Å². The average molecular weight is 877 g/mol. The summed E-state index contributed by atoms with van der Waals surface area (Å²) in [5, 5.41) is 9.13. The molecule has 57 heavy (non-hydrogen) atoms. The molecule has 0 aromatic heterocycles. The topological polar surface area (TPSA) is 273 Å². The van der Waals surface area contributed by atoms with Crippen molar-refractivity contribution in [2.45, 2.75) is 85.8 Å². The molecular weight excluding hydrogens is 829 g/mol. The number of hydrogen-bond acceptors (Lipinski definition) is 12. The van der Waals surface area contributed by atoms with E-state index in [0.717, 1.165) is 0 Å². The number of hydrogen-bond donors (Lipinski definition) is 4. The van der Waals surface area contributed by atoms with Crippen molar-refractivity contribution < 1.29 is 71.1 Å². The van der Waals surface area contributed by atoms with Crippen molar-refractivity contribution in [1.82, 2.24) is 0 Å². The molecule has 0 fully saturated rings. The van der Waals surface area contributed by atoms with Gasteiger partial charge in [-0.15, -0.1) is 0 Å². The Labute approximate surface area is 333 Å². The second-order valence-corrected chi connectivity index (χ2v) is 20.5. The van der Waals surface area contributed by atoms with Crippen LogP contribution in [0.4, 0.5) is 11.4 Å². The summed E-state index contributed by atoms with van der Waals surface area (Å²) in [6.07, 6.45) is 6.50. The Kier molecular flexibility index (Phi) is 14.4. The molecule has 2 unspecified atom stereocenters. The van der Waals surface area contributed by atoms with E-state index in [2.05, 4.69) is 0 Å². The fraction of sp³-hybridized carbons (Fsp3) is 0.500. The lowest BCUT2D eigenvalue weighted by Gasteiger charge is -2.30. The molecule has 0 saturated heterocycles. The van der Waals surface area contributed by atoms with Crippen LogP contribution in [0.1, 0.15) is 76.3 Å². The summed E-state index contributed by atoms with van der Waals surface area (Å²) in [5.74, 6) is -2.24. The van der Waals surface area contributed by atoms with Crippen LogP contribution in [0.2, 0.25) is 0 Å². The molecule has 0 aliphatic carbocycles. The van der Waals surface area contributed by atoms with E-state index in [4.69, 9.17) is 9.84 Å². The molecule has 2 atom stereocenters. The fourth-order valence-electron chi connectivity index (χ4n) is 7.74. The number of unbranched alkanes of at least 4 members (excludes halogenated alkanes) is 2. The Balaban J connectivity index is 1.93. The van der Waals surface area contributed by atoms with E-state index in [1.165, 1.54) is 43.5 Å². The number of benzene rings is 2. The predicted octanol–water partition coefficient (Wildman–Crippen LogP) is 4.04. The zero-order valence-electron chi connectivity index (χ0n) is 31.7. The fourth-order valence-corrected chi connectivity index (χ4v) is 9.76. The Hall–Kier alpha value is -3.54. The number of methoxy groups -OCH3 is 1. The smallest absolute Gasteiger partial charge is 0.303 e. The maximum Gasteiger partial charge on any atom is 0.303 e. The summed E-state index contributed by atoms with van der Waals surface area (Å²) in [4.78, 5) is 12.2. The maximum atomic E-state index is 12.3. The monoisotopic (exact) mass is 876 g/mol. The summed E-state index contributed by atoms with van der Waals surface area (Å²) >= 11 is 0. The quantitative estimate of drug-likeness (QED) is 0.0783. The summed E-state index contributed by atoms with van der Waals surface area (Å²) in [5.41, 5.74) is 0.885. The van der Waals surface area contributed by atoms with Crippen molar-refractivity contribution in [1.29, 1.82) is 0 Å². The molecule has 0 saturated carbocycles. The molecule has 0 bridgehead atoms. The van der Waals surface area contributed by atoms with Gasteiger partial charge in [-0.05, 0) is 94.3 Å². The first-order valence-electron chi connectivity index (χ1n) is 18.0. The molecule has 4 rings (SSSR count). The van der Waals surface area contributed by atoms with Crippen LogP contribution in [0.25, 0.3) is 0 Å². The number of ether oxygens (including phenoxy) is 1. The van der Waals surface area contributed by atoms with Crippen LogP contribution in [-0.2, 0) is 60.8 Å². The van der Waals surface area contributed by atoms with E-state index in [1.807, 2.05) is 9.48 Å². The molecule has 2 aliphatic rings. The zero-order chi connectivity index (χ0) is 42.6. The molecule has 0 amide bonds. The molecule has 2 aromatic rings. The minimum atomic E-state index is -4.68. The molecular formula is C36H48N2O15S4. The highest BCUT2D eigenvalue weighted by Gasteiger charge is 2.48. The molecule has 2 aliphatic heterocycles. The third kappa shape index (κ3) is 11.4. The zero-order valence-corrected chi connectivity index (χ0v) is 35.0. The number of carbonyl (C=O) groups is 1. The Morgan fingerprint density at radius 2 is 1.42 bits per heavy atom. The first-order valence-corrected chi connectivity index (χ1v) is 24.0. The Morgan fingerprint density at radius 3 is 2.00 bits per heavy atom. The lowest BCUT2D eigenvalue weighted by atomic mass is 9.75. The van der Waals surface area contributed by atoms with Gasteiger partial charge in [0.05, 0.1) is 37.7 Å². The number of rotatable bonds is 21. The van der Waals surface area contributed by atoms with E-state index in [0.29, 0.717) is 59.7 Å². The lowest BCUT2D eigenvalue weighted by molar-refractivity contribution is -0.438. The van der Waals surface area contributed by atoms with Crippen LogP contribution in [-0.4, -0.2) is 112 Å². The number of nitrogens with zero attached hydrogens (tertiary/aromatic N) is 2. The summed E-state index contributed by atoms with van der Waals surface area (Å²) in [6, 6.07) is 8.10. The van der Waals surface area contributed by atoms with Gasteiger partial charge in [0.15, 0.2) is 5.71 Å². The minimum absolute atomic E-state index is 0.0385. The van der Waals surface area contributed by atoms with E-state index >= 15 is 0 Å². The average Bonchev–Trinajstić information content (AvgIpc) is 3.45. The van der Waals surface area contributed by atoms with Gasteiger partial charge in [-0.2, -0.15) is 29.8 Å². The summed E-state index contributed by atoms with van der Waals surface area (Å²) < 4.78 is 144. The number of aliphatic carboxylic acids is 1. The number of carboxylic acids is 1.